The topological polar surface area (TPSA) is 105 Å². The molecule has 1 saturated heterocycles. The van der Waals surface area contributed by atoms with Crippen LogP contribution in [-0.4, -0.2) is 41.9 Å². The van der Waals surface area contributed by atoms with Crippen LogP contribution in [0.25, 0.3) is 0 Å². The molecule has 0 spiro atoms. The summed E-state index contributed by atoms with van der Waals surface area (Å²) in [5, 5.41) is 18.3. The van der Waals surface area contributed by atoms with Crippen LogP contribution < -0.4 is 14.8 Å². The Balaban J connectivity index is 0.000000254. The number of ether oxygens (including phenoxy) is 2. The number of hydrogen-bond donors (Lipinski definition) is 3. The molecule has 0 amide bonds. The van der Waals surface area contributed by atoms with E-state index in [1.807, 2.05) is 6.07 Å². The second-order valence-electron chi connectivity index (χ2n) is 5.02. The molecule has 0 bridgehead atoms. The van der Waals surface area contributed by atoms with E-state index in [2.05, 4.69) is 17.4 Å². The van der Waals surface area contributed by atoms with Crippen LogP contribution >= 0.6 is 0 Å². The lowest BCUT2D eigenvalue weighted by Crippen LogP contribution is -2.27. The molecule has 7 heteroatoms. The molecule has 2 aliphatic rings. The van der Waals surface area contributed by atoms with Crippen molar-refractivity contribution >= 4 is 11.9 Å². The number of rotatable bonds is 1. The van der Waals surface area contributed by atoms with Gasteiger partial charge in [0, 0.05) is 6.04 Å². The predicted octanol–water partition coefficient (Wildman–Crippen LogP) is 1.43. The summed E-state index contributed by atoms with van der Waals surface area (Å²) < 4.78 is 11.1. The van der Waals surface area contributed by atoms with E-state index >= 15 is 0 Å². The van der Waals surface area contributed by atoms with Gasteiger partial charge in [-0.15, -0.1) is 0 Å². The molecule has 1 atom stereocenters. The van der Waals surface area contributed by atoms with Gasteiger partial charge in [0.05, 0.1) is 0 Å². The van der Waals surface area contributed by atoms with E-state index in [1.165, 1.54) is 24.8 Å². The molecular weight excluding hydrogens is 290 g/mol. The van der Waals surface area contributed by atoms with Crippen molar-refractivity contribution in [1.29, 1.82) is 0 Å². The van der Waals surface area contributed by atoms with E-state index in [1.54, 1.807) is 0 Å². The quantitative estimate of drug-likeness (QED) is 0.674. The zero-order valence-electron chi connectivity index (χ0n) is 12.1. The molecule has 2 aliphatic heterocycles. The lowest BCUT2D eigenvalue weighted by Gasteiger charge is -2.25. The zero-order chi connectivity index (χ0) is 15.9. The Morgan fingerprint density at radius 2 is 1.73 bits per heavy atom. The molecule has 0 aromatic heterocycles. The van der Waals surface area contributed by atoms with Crippen LogP contribution in [0.1, 0.15) is 30.9 Å². The Kier molecular flexibility index (Phi) is 5.60. The largest absolute Gasteiger partial charge is 0.486 e. The molecule has 1 aromatic carbocycles. The molecule has 7 nitrogen and oxygen atoms in total. The number of nitrogens with one attached hydrogen (secondary N) is 1. The van der Waals surface area contributed by atoms with Crippen molar-refractivity contribution in [3.05, 3.63) is 23.8 Å². The number of fused-ring (bicyclic) bond motifs is 1. The molecule has 3 rings (SSSR count). The lowest BCUT2D eigenvalue weighted by atomic mass is 9.97. The minimum Gasteiger partial charge on any atom is -0.486 e. The van der Waals surface area contributed by atoms with Gasteiger partial charge in [0.25, 0.3) is 0 Å². The number of aliphatic carboxylic acids is 2. The summed E-state index contributed by atoms with van der Waals surface area (Å²) in [6, 6.07) is 6.79. The van der Waals surface area contributed by atoms with Gasteiger partial charge in [-0.3, -0.25) is 0 Å². The molecule has 0 aliphatic carbocycles. The maximum absolute atomic E-state index is 9.10. The second kappa shape index (κ2) is 7.65. The number of carboxylic acids is 2. The fraction of sp³-hybridized carbons (Fsp3) is 0.467. The first-order chi connectivity index (χ1) is 10.6. The van der Waals surface area contributed by atoms with Crippen molar-refractivity contribution in [2.45, 2.75) is 25.3 Å². The Labute approximate surface area is 127 Å². The van der Waals surface area contributed by atoms with Gasteiger partial charge in [0.15, 0.2) is 11.5 Å². The minimum atomic E-state index is -1.82. The highest BCUT2D eigenvalue weighted by Gasteiger charge is 2.18. The van der Waals surface area contributed by atoms with Crippen LogP contribution in [-0.2, 0) is 9.59 Å². The molecule has 0 saturated carbocycles. The third-order valence-electron chi connectivity index (χ3n) is 3.46. The first-order valence-electron chi connectivity index (χ1n) is 7.17. The molecule has 22 heavy (non-hydrogen) atoms. The van der Waals surface area contributed by atoms with E-state index in [9.17, 15) is 0 Å². The van der Waals surface area contributed by atoms with Crippen molar-refractivity contribution in [3.63, 3.8) is 0 Å². The minimum absolute atomic E-state index is 0.490. The maximum atomic E-state index is 9.10. The molecule has 0 radical (unpaired) electrons. The van der Waals surface area contributed by atoms with E-state index in [0.717, 1.165) is 18.0 Å². The number of piperidine rings is 1. The molecule has 1 aromatic rings. The first-order valence-corrected chi connectivity index (χ1v) is 7.17. The van der Waals surface area contributed by atoms with Gasteiger partial charge in [-0.2, -0.15) is 0 Å². The summed E-state index contributed by atoms with van der Waals surface area (Å²) in [4.78, 5) is 18.2. The van der Waals surface area contributed by atoms with Gasteiger partial charge in [0.1, 0.15) is 13.2 Å². The van der Waals surface area contributed by atoms with Gasteiger partial charge >= 0.3 is 11.9 Å². The van der Waals surface area contributed by atoms with E-state index in [-0.39, 0.29) is 0 Å². The highest BCUT2D eigenvalue weighted by atomic mass is 16.6. The molecule has 120 valence electrons. The number of benzene rings is 1. The van der Waals surface area contributed by atoms with Crippen LogP contribution in [0.4, 0.5) is 0 Å². The smallest absolute Gasteiger partial charge is 0.414 e. The monoisotopic (exact) mass is 309 g/mol. The van der Waals surface area contributed by atoms with E-state index in [4.69, 9.17) is 29.3 Å². The van der Waals surface area contributed by atoms with Crippen LogP contribution in [0.3, 0.4) is 0 Å². The van der Waals surface area contributed by atoms with E-state index < -0.39 is 11.9 Å². The normalized spacial score (nSPS) is 19.5. The highest BCUT2D eigenvalue weighted by Crippen LogP contribution is 2.34. The van der Waals surface area contributed by atoms with Crippen molar-refractivity contribution < 1.29 is 29.3 Å². The third kappa shape index (κ3) is 4.36. The van der Waals surface area contributed by atoms with Crippen molar-refractivity contribution in [3.8, 4) is 11.5 Å². The SMILES string of the molecule is O=C(O)C(=O)O.c1cc2c(cc1C1CCCCN1)OCCO2. The predicted molar refractivity (Wildman–Crippen MR) is 77.3 cm³/mol. The van der Waals surface area contributed by atoms with Gasteiger partial charge in [-0.25, -0.2) is 9.59 Å². The summed E-state index contributed by atoms with van der Waals surface area (Å²) in [6.45, 7) is 2.45. The van der Waals surface area contributed by atoms with Crippen molar-refractivity contribution in [2.75, 3.05) is 19.8 Å². The number of carbonyl (C=O) groups is 2. The Morgan fingerprint density at radius 1 is 1.05 bits per heavy atom. The van der Waals surface area contributed by atoms with Gasteiger partial charge in [-0.05, 0) is 37.1 Å². The van der Waals surface area contributed by atoms with E-state index in [0.29, 0.717) is 19.3 Å². The van der Waals surface area contributed by atoms with Crippen LogP contribution in [0.15, 0.2) is 18.2 Å². The van der Waals surface area contributed by atoms with Crippen molar-refractivity contribution in [2.24, 2.45) is 0 Å². The molecular formula is C15H19NO6. The van der Waals surface area contributed by atoms with Crippen LogP contribution in [0.2, 0.25) is 0 Å². The van der Waals surface area contributed by atoms with Gasteiger partial charge in [0.2, 0.25) is 0 Å². The third-order valence-corrected chi connectivity index (χ3v) is 3.46. The Bertz CT molecular complexity index is 527. The first kappa shape index (κ1) is 16.1. The zero-order valence-corrected chi connectivity index (χ0v) is 12.1. The van der Waals surface area contributed by atoms with Crippen LogP contribution in [0.5, 0.6) is 11.5 Å². The molecule has 3 N–H and O–H groups in total. The number of carboxylic acid groups (broad SMARTS) is 2. The fourth-order valence-electron chi connectivity index (χ4n) is 2.41. The summed E-state index contributed by atoms with van der Waals surface area (Å²) in [7, 11) is 0. The van der Waals surface area contributed by atoms with Crippen LogP contribution in [0, 0.1) is 0 Å². The maximum Gasteiger partial charge on any atom is 0.414 e. The standard InChI is InChI=1S/C13H17NO2.C2H2O4/c1-2-6-14-11(3-1)10-4-5-12-13(9-10)16-8-7-15-12;3-1(4)2(5)6/h4-5,9,11,14H,1-3,6-8H2;(H,3,4)(H,5,6). The molecule has 1 unspecified atom stereocenters. The molecule has 1 fully saturated rings. The Morgan fingerprint density at radius 3 is 2.32 bits per heavy atom. The second-order valence-corrected chi connectivity index (χ2v) is 5.02. The highest BCUT2D eigenvalue weighted by molar-refractivity contribution is 6.27. The summed E-state index contributed by atoms with van der Waals surface area (Å²) in [5.41, 5.74) is 1.32. The summed E-state index contributed by atoms with van der Waals surface area (Å²) in [5.74, 6) is -1.87. The average Bonchev–Trinajstić information content (AvgIpc) is 2.55. The lowest BCUT2D eigenvalue weighted by molar-refractivity contribution is -0.159. The molecule has 2 heterocycles. The summed E-state index contributed by atoms with van der Waals surface area (Å²) in [6.07, 6.45) is 3.83. The Hall–Kier alpha value is -2.28. The van der Waals surface area contributed by atoms with Gasteiger partial charge in [-0.1, -0.05) is 12.5 Å². The van der Waals surface area contributed by atoms with Crippen molar-refractivity contribution in [1.82, 2.24) is 5.32 Å². The summed E-state index contributed by atoms with van der Waals surface area (Å²) >= 11 is 0. The number of hydrogen-bond acceptors (Lipinski definition) is 5. The average molecular weight is 309 g/mol. The fourth-order valence-corrected chi connectivity index (χ4v) is 2.41. The van der Waals surface area contributed by atoms with Gasteiger partial charge < -0.3 is 25.0 Å².